The molecule has 3 nitrogen and oxygen atoms in total. The van der Waals surface area contributed by atoms with Gasteiger partial charge in [-0.15, -0.1) is 0 Å². The van der Waals surface area contributed by atoms with Crippen LogP contribution in [0.25, 0.3) is 0 Å². The van der Waals surface area contributed by atoms with Crippen LogP contribution in [0.5, 0.6) is 11.5 Å². The van der Waals surface area contributed by atoms with E-state index >= 15 is 0 Å². The van der Waals surface area contributed by atoms with E-state index in [0.29, 0.717) is 11.3 Å². The number of phenolic OH excluding ortho intramolecular Hbond substituents is 1. The SMILES string of the molecule is COc1cc(C(C)=O)ccc1O.[Ne]. The van der Waals surface area contributed by atoms with Gasteiger partial charge in [0.05, 0.1) is 7.11 Å². The second kappa shape index (κ2) is 4.43. The molecule has 0 heterocycles. The Kier molecular flexibility index (Phi) is 3.89. The van der Waals surface area contributed by atoms with Crippen molar-refractivity contribution >= 4 is 5.78 Å². The number of phenols is 1. The van der Waals surface area contributed by atoms with Crippen LogP contribution >= 0.6 is 0 Å². The standard InChI is InChI=1S/C9H10O3.Ne/c1-6(10)7-3-4-8(11)9(5-7)12-2;/h3-5,11H,1-2H3;. The zero-order valence-electron chi connectivity index (χ0n) is 7.35. The van der Waals surface area contributed by atoms with Crippen molar-refractivity contribution in [2.75, 3.05) is 7.11 Å². The third-order valence-corrected chi connectivity index (χ3v) is 1.59. The van der Waals surface area contributed by atoms with Crippen LogP contribution in [0, 0.1) is 6.15 Å². The van der Waals surface area contributed by atoms with Gasteiger partial charge in [-0.25, -0.2) is 0 Å². The van der Waals surface area contributed by atoms with Crippen molar-refractivity contribution in [2.24, 2.45) is 0 Å². The molecule has 0 unspecified atom stereocenters. The van der Waals surface area contributed by atoms with E-state index in [1.54, 1.807) is 6.07 Å². The number of ketones is 1. The molecular weight excluding hydrogens is 176 g/mol. The van der Waals surface area contributed by atoms with Gasteiger partial charge in [0.25, 0.3) is 0 Å². The van der Waals surface area contributed by atoms with Crippen LogP contribution in [0.3, 0.4) is 0 Å². The van der Waals surface area contributed by atoms with Crippen molar-refractivity contribution in [3.63, 3.8) is 0 Å². The molecule has 0 aromatic heterocycles. The Hall–Kier alpha value is -1.60. The van der Waals surface area contributed by atoms with Gasteiger partial charge in [0.1, 0.15) is 0 Å². The summed E-state index contributed by atoms with van der Waals surface area (Å²) in [5, 5.41) is 9.18. The molecule has 0 saturated heterocycles. The topological polar surface area (TPSA) is 46.5 Å². The quantitative estimate of drug-likeness (QED) is 0.714. The summed E-state index contributed by atoms with van der Waals surface area (Å²) in [6.07, 6.45) is 0. The number of ether oxygens (including phenoxy) is 1. The molecule has 1 rings (SSSR count). The van der Waals surface area contributed by atoms with Crippen LogP contribution in [0.1, 0.15) is 17.3 Å². The Morgan fingerprint density at radius 2 is 2.08 bits per heavy atom. The molecule has 0 radical (unpaired) electrons. The first kappa shape index (κ1) is 11.4. The predicted molar refractivity (Wildman–Crippen MR) is 44.7 cm³/mol. The number of aromatic hydroxyl groups is 1. The van der Waals surface area contributed by atoms with E-state index in [1.807, 2.05) is 0 Å². The molecule has 0 amide bonds. The summed E-state index contributed by atoms with van der Waals surface area (Å²) >= 11 is 0. The molecule has 1 aromatic carbocycles. The second-order valence-electron chi connectivity index (χ2n) is 2.44. The van der Waals surface area contributed by atoms with Gasteiger partial charge in [-0.2, -0.15) is 0 Å². The van der Waals surface area contributed by atoms with E-state index in [2.05, 4.69) is 0 Å². The van der Waals surface area contributed by atoms with Gasteiger partial charge in [-0.1, -0.05) is 0 Å². The van der Waals surface area contributed by atoms with E-state index in [4.69, 9.17) is 4.74 Å². The summed E-state index contributed by atoms with van der Waals surface area (Å²) in [5.74, 6) is 0.318. The number of hydrogen-bond acceptors (Lipinski definition) is 3. The molecule has 0 saturated carbocycles. The largest absolute Gasteiger partial charge is 0.504 e. The Labute approximate surface area is 76.7 Å². The van der Waals surface area contributed by atoms with Gasteiger partial charge in [0.2, 0.25) is 0 Å². The van der Waals surface area contributed by atoms with Crippen molar-refractivity contribution < 1.29 is 20.8 Å². The molecule has 72 valence electrons. The molecule has 1 N–H and O–H groups in total. The fraction of sp³-hybridized carbons (Fsp3) is 0.222. The minimum absolute atomic E-state index is 0. The molecule has 4 heteroatoms. The smallest absolute Gasteiger partial charge is 0.161 e. The van der Waals surface area contributed by atoms with Gasteiger partial charge in [0.15, 0.2) is 17.3 Å². The summed E-state index contributed by atoms with van der Waals surface area (Å²) in [4.78, 5) is 10.9. The molecule has 0 bridgehead atoms. The average molecular weight is 186 g/mol. The first-order valence-corrected chi connectivity index (χ1v) is 3.53. The van der Waals surface area contributed by atoms with Crippen molar-refractivity contribution in [3.05, 3.63) is 23.8 Å². The maximum atomic E-state index is 10.9. The van der Waals surface area contributed by atoms with Crippen LogP contribution in [0.4, 0.5) is 0 Å². The van der Waals surface area contributed by atoms with E-state index < -0.39 is 0 Å². The Balaban J connectivity index is 0.00000144. The summed E-state index contributed by atoms with van der Waals surface area (Å²) < 4.78 is 4.83. The van der Waals surface area contributed by atoms with Gasteiger partial charge in [-0.3, -0.25) is 4.79 Å². The van der Waals surface area contributed by atoms with Crippen molar-refractivity contribution in [2.45, 2.75) is 6.92 Å². The van der Waals surface area contributed by atoms with Crippen LogP contribution in [-0.2, 0) is 0 Å². The molecule has 0 spiro atoms. The van der Waals surface area contributed by atoms with Crippen LogP contribution in [-0.4, -0.2) is 18.0 Å². The average Bonchev–Trinajstić information content (AvgIpc) is 2.05. The summed E-state index contributed by atoms with van der Waals surface area (Å²) in [7, 11) is 1.44. The predicted octanol–water partition coefficient (Wildman–Crippen LogP) is 1.60. The summed E-state index contributed by atoms with van der Waals surface area (Å²) in [5.41, 5.74) is 0.532. The van der Waals surface area contributed by atoms with E-state index in [9.17, 15) is 9.90 Å². The molecule has 13 heavy (non-hydrogen) atoms. The minimum Gasteiger partial charge on any atom is -0.504 e. The third-order valence-electron chi connectivity index (χ3n) is 1.59. The van der Waals surface area contributed by atoms with Crippen LogP contribution in [0.2, 0.25) is 0 Å². The third kappa shape index (κ3) is 2.42. The van der Waals surface area contributed by atoms with Crippen LogP contribution in [0.15, 0.2) is 18.2 Å². The number of rotatable bonds is 2. The molecule has 0 fully saturated rings. The number of benzene rings is 1. The maximum Gasteiger partial charge on any atom is 0.161 e. The fourth-order valence-corrected chi connectivity index (χ4v) is 0.897. The van der Waals surface area contributed by atoms with Gasteiger partial charge in [-0.05, 0) is 25.1 Å². The molecule has 0 aliphatic rings. The second-order valence-corrected chi connectivity index (χ2v) is 2.44. The Morgan fingerprint density at radius 1 is 1.46 bits per heavy atom. The number of Topliss-reactive ketones (excluding diaryl/α,β-unsaturated/α-hetero) is 1. The fourth-order valence-electron chi connectivity index (χ4n) is 0.897. The molecular formula is C9H10NeO3. The normalized spacial score (nSPS) is 8.77. The number of hydrogen-bond donors (Lipinski definition) is 1. The number of methoxy groups -OCH3 is 1. The van der Waals surface area contributed by atoms with Gasteiger partial charge >= 0.3 is 0 Å². The van der Waals surface area contributed by atoms with Crippen molar-refractivity contribution in [1.82, 2.24) is 0 Å². The molecule has 0 aliphatic carbocycles. The zero-order valence-corrected chi connectivity index (χ0v) is 7.35. The first-order chi connectivity index (χ1) is 5.65. The molecule has 1 aromatic rings. The maximum absolute atomic E-state index is 10.9. The van der Waals surface area contributed by atoms with Crippen molar-refractivity contribution in [3.8, 4) is 11.5 Å². The summed E-state index contributed by atoms with van der Waals surface area (Å²) in [6, 6.07) is 4.51. The monoisotopic (exact) mass is 186 g/mol. The zero-order chi connectivity index (χ0) is 9.14. The number of carbonyl (C=O) groups excluding carboxylic acids is 1. The Morgan fingerprint density at radius 3 is 2.54 bits per heavy atom. The molecule has 0 aliphatic heterocycles. The Bertz CT molecular complexity index is 310. The first-order valence-electron chi connectivity index (χ1n) is 3.53. The van der Waals surface area contributed by atoms with Crippen molar-refractivity contribution in [1.29, 1.82) is 0 Å². The van der Waals surface area contributed by atoms with Gasteiger partial charge in [0, 0.05) is 11.7 Å². The van der Waals surface area contributed by atoms with Crippen LogP contribution < -0.4 is 4.74 Å². The van der Waals surface area contributed by atoms with E-state index in [-0.39, 0.29) is 17.7 Å². The van der Waals surface area contributed by atoms with E-state index in [0.717, 1.165) is 0 Å². The number of carbonyl (C=O) groups is 1. The van der Waals surface area contributed by atoms with Gasteiger partial charge < -0.3 is 9.84 Å². The molecule has 0 atom stereocenters. The minimum atomic E-state index is -0.0479. The summed E-state index contributed by atoms with van der Waals surface area (Å²) in [6.45, 7) is 1.46. The van der Waals surface area contributed by atoms with E-state index in [1.165, 1.54) is 26.2 Å².